The highest BCUT2D eigenvalue weighted by atomic mass is 35.5. The van der Waals surface area contributed by atoms with E-state index in [1.54, 1.807) is 48.5 Å². The predicted molar refractivity (Wildman–Crippen MR) is 138 cm³/mol. The number of para-hydroxylation sites is 1. The molecule has 0 aliphatic heterocycles. The number of alkyl halides is 3. The molecule has 11 heteroatoms. The van der Waals surface area contributed by atoms with Crippen LogP contribution in [0.5, 0.6) is 5.75 Å². The normalized spacial score (nSPS) is 11.4. The molecule has 37 heavy (non-hydrogen) atoms. The van der Waals surface area contributed by atoms with Gasteiger partial charge in [-0.05, 0) is 60.5 Å². The predicted octanol–water partition coefficient (Wildman–Crippen LogP) is 7.85. The van der Waals surface area contributed by atoms with Gasteiger partial charge >= 0.3 is 6.18 Å². The number of carbonyl (C=O) groups excluding carboxylic acids is 1. The molecule has 4 rings (SSSR count). The van der Waals surface area contributed by atoms with Crippen molar-refractivity contribution in [3.63, 3.8) is 0 Å². The van der Waals surface area contributed by atoms with Crippen LogP contribution in [0.3, 0.4) is 0 Å². The van der Waals surface area contributed by atoms with Gasteiger partial charge in [0.05, 0.1) is 26.3 Å². The Morgan fingerprint density at radius 2 is 1.59 bits per heavy atom. The van der Waals surface area contributed by atoms with Crippen LogP contribution in [0.25, 0.3) is 16.8 Å². The van der Waals surface area contributed by atoms with E-state index in [0.717, 1.165) is 21.9 Å². The average molecular weight is 569 g/mol. The zero-order chi connectivity index (χ0) is 26.7. The van der Waals surface area contributed by atoms with Crippen molar-refractivity contribution in [2.24, 2.45) is 0 Å². The fourth-order valence-electron chi connectivity index (χ4n) is 3.58. The summed E-state index contributed by atoms with van der Waals surface area (Å²) in [5.41, 5.74) is 1.11. The molecule has 0 aliphatic carbocycles. The lowest BCUT2D eigenvalue weighted by Crippen LogP contribution is -2.22. The van der Waals surface area contributed by atoms with Gasteiger partial charge in [0.15, 0.2) is 5.69 Å². The Labute approximate surface area is 225 Å². The first kappa shape index (κ1) is 26.9. The molecule has 0 spiro atoms. The third kappa shape index (κ3) is 6.04. The molecule has 0 saturated carbocycles. The molecule has 0 bridgehead atoms. The van der Waals surface area contributed by atoms with Gasteiger partial charge in [-0.2, -0.15) is 18.3 Å². The summed E-state index contributed by atoms with van der Waals surface area (Å²) in [6.45, 7) is 2.08. The molecule has 0 fully saturated rings. The first-order valence-corrected chi connectivity index (χ1v) is 12.1. The fraction of sp³-hybridized carbons (Fsp3) is 0.154. The smallest absolute Gasteiger partial charge is 0.435 e. The van der Waals surface area contributed by atoms with Crippen LogP contribution in [-0.2, 0) is 12.8 Å². The van der Waals surface area contributed by atoms with Crippen LogP contribution >= 0.6 is 34.8 Å². The van der Waals surface area contributed by atoms with E-state index in [1.807, 2.05) is 6.92 Å². The van der Waals surface area contributed by atoms with Gasteiger partial charge in [-0.25, -0.2) is 4.68 Å². The third-order valence-corrected chi connectivity index (χ3v) is 6.27. The minimum atomic E-state index is -4.66. The number of rotatable bonds is 7. The molecule has 3 aromatic carbocycles. The lowest BCUT2D eigenvalue weighted by Gasteiger charge is -2.12. The van der Waals surface area contributed by atoms with E-state index < -0.39 is 11.9 Å². The van der Waals surface area contributed by atoms with Crippen molar-refractivity contribution < 1.29 is 22.7 Å². The highest BCUT2D eigenvalue weighted by Crippen LogP contribution is 2.34. The van der Waals surface area contributed by atoms with Crippen LogP contribution in [0.4, 0.5) is 13.2 Å². The Morgan fingerprint density at radius 1 is 0.946 bits per heavy atom. The molecule has 1 heterocycles. The van der Waals surface area contributed by atoms with Gasteiger partial charge < -0.3 is 10.1 Å². The molecule has 0 aliphatic rings. The van der Waals surface area contributed by atoms with Crippen molar-refractivity contribution in [2.75, 3.05) is 6.54 Å². The van der Waals surface area contributed by atoms with Crippen LogP contribution in [-0.4, -0.2) is 22.2 Å². The molecule has 1 aromatic heterocycles. The van der Waals surface area contributed by atoms with Crippen molar-refractivity contribution in [3.05, 3.63) is 98.7 Å². The summed E-state index contributed by atoms with van der Waals surface area (Å²) in [6, 6.07) is 17.5. The molecule has 1 N–H and O–H groups in total. The van der Waals surface area contributed by atoms with Crippen molar-refractivity contribution >= 4 is 40.7 Å². The number of benzene rings is 3. The summed E-state index contributed by atoms with van der Waals surface area (Å²) in [6.07, 6.45) is -4.66. The zero-order valence-corrected chi connectivity index (χ0v) is 21.5. The zero-order valence-electron chi connectivity index (χ0n) is 19.2. The lowest BCUT2D eigenvalue weighted by atomic mass is 10.0. The summed E-state index contributed by atoms with van der Waals surface area (Å²) in [5.74, 6) is 0.161. The van der Waals surface area contributed by atoms with E-state index in [2.05, 4.69) is 10.4 Å². The van der Waals surface area contributed by atoms with Gasteiger partial charge in [-0.1, -0.05) is 59.1 Å². The summed E-state index contributed by atoms with van der Waals surface area (Å²) < 4.78 is 47.0. The summed E-state index contributed by atoms with van der Waals surface area (Å²) in [5, 5.41) is 6.99. The third-order valence-electron chi connectivity index (χ3n) is 5.35. The van der Waals surface area contributed by atoms with Crippen molar-refractivity contribution in [3.8, 4) is 22.6 Å². The molecule has 0 unspecified atom stereocenters. The maximum absolute atomic E-state index is 13.4. The molecule has 5 nitrogen and oxygen atoms in total. The quantitative estimate of drug-likeness (QED) is 0.247. The van der Waals surface area contributed by atoms with Gasteiger partial charge in [0.25, 0.3) is 5.91 Å². The summed E-state index contributed by atoms with van der Waals surface area (Å²) in [4.78, 5) is 12.1. The number of hydrogen-bond acceptors (Lipinski definition) is 3. The van der Waals surface area contributed by atoms with Crippen LogP contribution in [0.15, 0.2) is 66.7 Å². The molecule has 0 radical (unpaired) electrons. The molecule has 0 saturated heterocycles. The monoisotopic (exact) mass is 567 g/mol. The number of halogens is 6. The van der Waals surface area contributed by atoms with Crippen LogP contribution in [0.2, 0.25) is 15.1 Å². The number of ether oxygens (including phenoxy) is 1. The van der Waals surface area contributed by atoms with Crippen molar-refractivity contribution in [1.29, 1.82) is 0 Å². The molecule has 0 atom stereocenters. The van der Waals surface area contributed by atoms with Crippen LogP contribution in [0.1, 0.15) is 28.7 Å². The Morgan fingerprint density at radius 3 is 2.19 bits per heavy atom. The van der Waals surface area contributed by atoms with E-state index in [9.17, 15) is 18.0 Å². The van der Waals surface area contributed by atoms with Gasteiger partial charge in [-0.3, -0.25) is 4.79 Å². The topological polar surface area (TPSA) is 56.1 Å². The first-order chi connectivity index (χ1) is 17.6. The Balaban J connectivity index is 1.55. The number of carbonyl (C=O) groups is 1. The van der Waals surface area contributed by atoms with E-state index in [0.29, 0.717) is 22.9 Å². The Hall–Kier alpha value is -3.20. The molecule has 4 aromatic rings. The van der Waals surface area contributed by atoms with E-state index >= 15 is 0 Å². The fourth-order valence-corrected chi connectivity index (χ4v) is 4.41. The largest absolute Gasteiger partial charge is 0.487 e. The second-order valence-corrected chi connectivity index (χ2v) is 9.09. The first-order valence-electron chi connectivity index (χ1n) is 11.0. The summed E-state index contributed by atoms with van der Waals surface area (Å²) in [7, 11) is 0. The maximum atomic E-state index is 13.4. The van der Waals surface area contributed by atoms with Crippen molar-refractivity contribution in [1.82, 2.24) is 15.1 Å². The van der Waals surface area contributed by atoms with Gasteiger partial charge in [0, 0.05) is 6.54 Å². The van der Waals surface area contributed by atoms with E-state index in [-0.39, 0.29) is 33.9 Å². The Kier molecular flexibility index (Phi) is 8.02. The molecule has 1 amide bonds. The minimum absolute atomic E-state index is 0.110. The van der Waals surface area contributed by atoms with Gasteiger partial charge in [-0.15, -0.1) is 0 Å². The maximum Gasteiger partial charge on any atom is 0.435 e. The van der Waals surface area contributed by atoms with Gasteiger partial charge in [0.1, 0.15) is 18.0 Å². The second-order valence-electron chi connectivity index (χ2n) is 7.87. The molecule has 192 valence electrons. The molecular weight excluding hydrogens is 550 g/mol. The number of hydrogen-bond donors (Lipinski definition) is 1. The lowest BCUT2D eigenvalue weighted by molar-refractivity contribution is -0.141. The number of nitrogens with one attached hydrogen (secondary N) is 1. The highest BCUT2D eigenvalue weighted by Gasteiger charge is 2.35. The average Bonchev–Trinajstić information content (AvgIpc) is 3.27. The highest BCUT2D eigenvalue weighted by molar-refractivity contribution is 6.37. The number of aromatic nitrogens is 2. The standard InChI is InChI=1S/C26H19Cl3F3N3O2/c1-2-33-25(36)19-11-8-16(12-22(19)29)15-6-9-18(10-7-15)37-14-17-13-23(26(30,31)32)34-35(17)24-20(27)4-3-5-21(24)28/h3-13H,2,14H2,1H3,(H,33,36). The van der Waals surface area contributed by atoms with E-state index in [1.165, 1.54) is 12.1 Å². The number of nitrogens with zero attached hydrogens (tertiary/aromatic N) is 2. The SMILES string of the molecule is CCNC(=O)c1ccc(-c2ccc(OCc3cc(C(F)(F)F)nn3-c3c(Cl)cccc3Cl)cc2)cc1Cl. The Bertz CT molecular complexity index is 1420. The number of amides is 1. The van der Waals surface area contributed by atoms with Crippen LogP contribution < -0.4 is 10.1 Å². The van der Waals surface area contributed by atoms with Crippen molar-refractivity contribution in [2.45, 2.75) is 19.7 Å². The molecular formula is C26H19Cl3F3N3O2. The summed E-state index contributed by atoms with van der Waals surface area (Å²) >= 11 is 18.7. The minimum Gasteiger partial charge on any atom is -0.487 e. The van der Waals surface area contributed by atoms with Gasteiger partial charge in [0.2, 0.25) is 0 Å². The second kappa shape index (κ2) is 11.0. The van der Waals surface area contributed by atoms with E-state index in [4.69, 9.17) is 39.5 Å². The van der Waals surface area contributed by atoms with Crippen LogP contribution in [0, 0.1) is 0 Å².